The van der Waals surface area contributed by atoms with Crippen LogP contribution < -0.4 is 4.85 Å². The molecule has 9 heavy (non-hydrogen) atoms. The van der Waals surface area contributed by atoms with Gasteiger partial charge < -0.3 is 5.21 Å². The van der Waals surface area contributed by atoms with E-state index in [1.807, 2.05) is 0 Å². The third-order valence-electron chi connectivity index (χ3n) is 0.789. The minimum Gasteiger partial charge on any atom is -0.594 e. The monoisotopic (exact) mass is 121 g/mol. The van der Waals surface area contributed by atoms with Gasteiger partial charge in [-0.2, -0.15) is 5.26 Å². The Bertz CT molecular complexity index is 253. The zero-order chi connectivity index (χ0) is 6.69. The van der Waals surface area contributed by atoms with Crippen molar-refractivity contribution >= 4 is 0 Å². The number of aromatic nitrogens is 2. The third kappa shape index (κ3) is 1.13. The first-order valence-corrected chi connectivity index (χ1v) is 2.29. The number of nitrogens with zero attached hydrogens (tertiary/aromatic N) is 3. The molecule has 0 radical (unpaired) electrons. The fourth-order valence-electron chi connectivity index (χ4n) is 0.440. The molecule has 1 rings (SSSR count). The third-order valence-corrected chi connectivity index (χ3v) is 0.789. The SMILES string of the molecule is N#Cc1ccc[n+]([O-])n1. The highest BCUT2D eigenvalue weighted by Gasteiger charge is 1.93. The lowest BCUT2D eigenvalue weighted by Crippen LogP contribution is -2.30. The van der Waals surface area contributed by atoms with E-state index < -0.39 is 0 Å². The van der Waals surface area contributed by atoms with Crippen LogP contribution in [0.1, 0.15) is 5.69 Å². The maximum atomic E-state index is 10.3. The average Bonchev–Trinajstić information content (AvgIpc) is 1.88. The van der Waals surface area contributed by atoms with Crippen LogP contribution in [0.3, 0.4) is 0 Å². The lowest BCUT2D eigenvalue weighted by Gasteiger charge is -1.87. The van der Waals surface area contributed by atoms with E-state index in [-0.39, 0.29) is 5.69 Å². The summed E-state index contributed by atoms with van der Waals surface area (Å²) in [7, 11) is 0. The van der Waals surface area contributed by atoms with Crippen molar-refractivity contribution in [2.75, 3.05) is 0 Å². The average molecular weight is 121 g/mol. The van der Waals surface area contributed by atoms with Crippen LogP contribution in [0.25, 0.3) is 0 Å². The lowest BCUT2D eigenvalue weighted by atomic mass is 10.4. The fraction of sp³-hybridized carbons (Fsp3) is 0. The summed E-state index contributed by atoms with van der Waals surface area (Å²) in [5, 5.41) is 21.8. The first-order valence-electron chi connectivity index (χ1n) is 2.29. The van der Waals surface area contributed by atoms with E-state index in [9.17, 15) is 5.21 Å². The molecule has 0 aliphatic carbocycles. The summed E-state index contributed by atoms with van der Waals surface area (Å²) in [6, 6.07) is 4.67. The molecule has 4 heteroatoms. The molecule has 0 saturated carbocycles. The highest BCUT2D eigenvalue weighted by Crippen LogP contribution is 1.82. The van der Waals surface area contributed by atoms with Gasteiger partial charge in [0, 0.05) is 11.2 Å². The normalized spacial score (nSPS) is 8.33. The molecule has 0 aliphatic rings. The van der Waals surface area contributed by atoms with E-state index in [4.69, 9.17) is 5.26 Å². The molecule has 0 N–H and O–H groups in total. The molecule has 0 spiro atoms. The van der Waals surface area contributed by atoms with Crippen molar-refractivity contribution in [1.82, 2.24) is 5.10 Å². The van der Waals surface area contributed by atoms with E-state index in [0.29, 0.717) is 4.85 Å². The number of nitriles is 1. The van der Waals surface area contributed by atoms with E-state index in [2.05, 4.69) is 5.10 Å². The van der Waals surface area contributed by atoms with Crippen molar-refractivity contribution < 1.29 is 4.85 Å². The summed E-state index contributed by atoms with van der Waals surface area (Å²) in [6.45, 7) is 0. The Balaban J connectivity index is 3.12. The van der Waals surface area contributed by atoms with Gasteiger partial charge in [0.15, 0.2) is 0 Å². The van der Waals surface area contributed by atoms with Crippen LogP contribution in [0.15, 0.2) is 18.3 Å². The first kappa shape index (κ1) is 5.51. The number of rotatable bonds is 0. The molecule has 4 nitrogen and oxygen atoms in total. The van der Waals surface area contributed by atoms with Crippen LogP contribution in [-0.4, -0.2) is 5.10 Å². The quantitative estimate of drug-likeness (QED) is 0.346. The zero-order valence-corrected chi connectivity index (χ0v) is 4.48. The second-order valence-electron chi connectivity index (χ2n) is 1.41. The van der Waals surface area contributed by atoms with Gasteiger partial charge in [-0.3, -0.25) is 0 Å². The van der Waals surface area contributed by atoms with Crippen LogP contribution in [0.5, 0.6) is 0 Å². The van der Waals surface area contributed by atoms with Gasteiger partial charge in [0.25, 0.3) is 0 Å². The Morgan fingerprint density at radius 1 is 1.78 bits per heavy atom. The van der Waals surface area contributed by atoms with Crippen LogP contribution in [0, 0.1) is 16.5 Å². The van der Waals surface area contributed by atoms with Crippen molar-refractivity contribution in [3.63, 3.8) is 0 Å². The highest BCUT2D eigenvalue weighted by atomic mass is 16.5. The summed E-state index contributed by atoms with van der Waals surface area (Å²) >= 11 is 0. The van der Waals surface area contributed by atoms with Crippen LogP contribution in [-0.2, 0) is 0 Å². The molecule has 1 heterocycles. The maximum absolute atomic E-state index is 10.3. The van der Waals surface area contributed by atoms with E-state index in [1.165, 1.54) is 18.3 Å². The van der Waals surface area contributed by atoms with Crippen molar-refractivity contribution in [2.45, 2.75) is 0 Å². The van der Waals surface area contributed by atoms with Crippen molar-refractivity contribution in [2.24, 2.45) is 0 Å². The van der Waals surface area contributed by atoms with Crippen LogP contribution in [0.2, 0.25) is 0 Å². The van der Waals surface area contributed by atoms with Crippen LogP contribution in [0.4, 0.5) is 0 Å². The van der Waals surface area contributed by atoms with Crippen LogP contribution >= 0.6 is 0 Å². The minimum atomic E-state index is 0.132. The number of hydrogen-bond donors (Lipinski definition) is 0. The summed E-state index contributed by atoms with van der Waals surface area (Å²) in [5.74, 6) is 0. The predicted octanol–water partition coefficient (Wildman–Crippen LogP) is -0.413. The Kier molecular flexibility index (Phi) is 1.28. The van der Waals surface area contributed by atoms with Gasteiger partial charge in [0.05, 0.1) is 0 Å². The van der Waals surface area contributed by atoms with Gasteiger partial charge in [-0.05, 0) is 6.07 Å². The molecule has 1 aromatic rings. The second-order valence-corrected chi connectivity index (χ2v) is 1.41. The summed E-state index contributed by atoms with van der Waals surface area (Å²) in [4.78, 5) is 0.346. The highest BCUT2D eigenvalue weighted by molar-refractivity contribution is 5.14. The summed E-state index contributed by atoms with van der Waals surface area (Å²) < 4.78 is 0. The molecule has 0 bridgehead atoms. The Morgan fingerprint density at radius 2 is 2.56 bits per heavy atom. The van der Waals surface area contributed by atoms with E-state index in [0.717, 1.165) is 0 Å². The van der Waals surface area contributed by atoms with Gasteiger partial charge in [-0.1, -0.05) is 4.85 Å². The lowest BCUT2D eigenvalue weighted by molar-refractivity contribution is -0.669. The van der Waals surface area contributed by atoms with Crippen molar-refractivity contribution in [3.8, 4) is 6.07 Å². The van der Waals surface area contributed by atoms with Gasteiger partial charge >= 0.3 is 0 Å². The van der Waals surface area contributed by atoms with Crippen molar-refractivity contribution in [1.29, 1.82) is 5.26 Å². The smallest absolute Gasteiger partial charge is 0.209 e. The molecule has 0 atom stereocenters. The molecule has 0 saturated heterocycles. The zero-order valence-electron chi connectivity index (χ0n) is 4.48. The number of hydrogen-bond acceptors (Lipinski definition) is 3. The molecule has 0 fully saturated rings. The molecule has 44 valence electrons. The fourth-order valence-corrected chi connectivity index (χ4v) is 0.440. The Morgan fingerprint density at radius 3 is 3.00 bits per heavy atom. The molecule has 0 unspecified atom stereocenters. The molecule has 0 aliphatic heterocycles. The molecule has 0 aromatic carbocycles. The summed E-state index contributed by atoms with van der Waals surface area (Å²) in [6.07, 6.45) is 1.22. The standard InChI is InChI=1S/C5H3N3O/c6-4-5-2-1-3-8(9)7-5/h1-3H. The molecular weight excluding hydrogens is 118 g/mol. The molecular formula is C5H3N3O. The summed E-state index contributed by atoms with van der Waals surface area (Å²) in [5.41, 5.74) is 0.132. The largest absolute Gasteiger partial charge is 0.594 e. The molecule has 0 amide bonds. The minimum absolute atomic E-state index is 0.132. The van der Waals surface area contributed by atoms with Gasteiger partial charge in [-0.15, -0.1) is 0 Å². The maximum Gasteiger partial charge on any atom is 0.209 e. The molecule has 1 aromatic heterocycles. The second kappa shape index (κ2) is 2.09. The van der Waals surface area contributed by atoms with E-state index in [1.54, 1.807) is 6.07 Å². The van der Waals surface area contributed by atoms with Gasteiger partial charge in [0.1, 0.15) is 6.07 Å². The topological polar surface area (TPSA) is 63.6 Å². The van der Waals surface area contributed by atoms with Crippen molar-refractivity contribution in [3.05, 3.63) is 29.2 Å². The van der Waals surface area contributed by atoms with E-state index >= 15 is 0 Å². The van der Waals surface area contributed by atoms with Gasteiger partial charge in [0.2, 0.25) is 11.9 Å². The predicted molar refractivity (Wildman–Crippen MR) is 27.9 cm³/mol. The Hall–Kier alpha value is -1.63. The Labute approximate surface area is 51.6 Å². The van der Waals surface area contributed by atoms with Gasteiger partial charge in [-0.25, -0.2) is 0 Å². The first-order chi connectivity index (χ1) is 4.33.